The Morgan fingerprint density at radius 3 is 2.68 bits per heavy atom. The van der Waals surface area contributed by atoms with Crippen LogP contribution in [0.5, 0.6) is 0 Å². The standard InChI is InChI=1S/C14H19N5O5S/c20-12-10-7-9(8-16-11(10)18-13(21)19-12)25(23,24)17-6-3-14(22)1-4-15-5-2-14/h7-8,15,17,22H,1-6H2,(H2,16,18,19,20,21). The number of nitrogens with zero attached hydrogens (tertiary/aromatic N) is 1. The van der Waals surface area contributed by atoms with E-state index in [-0.39, 0.29) is 22.5 Å². The van der Waals surface area contributed by atoms with Gasteiger partial charge in [0.2, 0.25) is 10.0 Å². The van der Waals surface area contributed by atoms with Gasteiger partial charge in [-0.3, -0.25) is 14.8 Å². The lowest BCUT2D eigenvalue weighted by Gasteiger charge is -2.32. The molecule has 0 amide bonds. The summed E-state index contributed by atoms with van der Waals surface area (Å²) in [4.78, 5) is 31.0. The molecule has 0 atom stereocenters. The average molecular weight is 369 g/mol. The highest BCUT2D eigenvalue weighted by Gasteiger charge is 2.29. The van der Waals surface area contributed by atoms with E-state index in [4.69, 9.17) is 0 Å². The Balaban J connectivity index is 1.77. The number of nitrogens with one attached hydrogen (secondary N) is 4. The number of pyridine rings is 1. The van der Waals surface area contributed by atoms with Crippen LogP contribution in [-0.4, -0.2) is 53.7 Å². The highest BCUT2D eigenvalue weighted by molar-refractivity contribution is 7.89. The van der Waals surface area contributed by atoms with Crippen LogP contribution in [-0.2, 0) is 10.0 Å². The Kier molecular flexibility index (Phi) is 4.73. The van der Waals surface area contributed by atoms with Gasteiger partial charge < -0.3 is 10.4 Å². The second-order valence-corrected chi connectivity index (χ2v) is 7.86. The number of aromatic amines is 2. The van der Waals surface area contributed by atoms with Crippen LogP contribution < -0.4 is 21.3 Å². The molecule has 3 heterocycles. The number of fused-ring (bicyclic) bond motifs is 1. The first-order valence-corrected chi connectivity index (χ1v) is 9.33. The molecule has 0 aliphatic carbocycles. The van der Waals surface area contributed by atoms with Crippen LogP contribution in [0.25, 0.3) is 11.0 Å². The molecule has 0 unspecified atom stereocenters. The van der Waals surface area contributed by atoms with Gasteiger partial charge in [-0.15, -0.1) is 0 Å². The summed E-state index contributed by atoms with van der Waals surface area (Å²) in [6.45, 7) is 1.45. The van der Waals surface area contributed by atoms with E-state index in [9.17, 15) is 23.1 Å². The average Bonchev–Trinajstić information content (AvgIpc) is 2.54. The molecule has 0 bridgehead atoms. The van der Waals surface area contributed by atoms with Crippen LogP contribution in [0, 0.1) is 0 Å². The predicted molar refractivity (Wildman–Crippen MR) is 89.8 cm³/mol. The molecule has 1 aliphatic rings. The summed E-state index contributed by atoms with van der Waals surface area (Å²) in [6, 6.07) is 1.15. The number of rotatable bonds is 5. The Labute approximate surface area is 142 Å². The van der Waals surface area contributed by atoms with Crippen molar-refractivity contribution >= 4 is 21.1 Å². The lowest BCUT2D eigenvalue weighted by molar-refractivity contribution is 0.00411. The van der Waals surface area contributed by atoms with Gasteiger partial charge in [-0.25, -0.2) is 22.9 Å². The second kappa shape index (κ2) is 6.67. The minimum absolute atomic E-state index is 0.0108. The molecule has 0 aromatic carbocycles. The van der Waals surface area contributed by atoms with E-state index < -0.39 is 26.9 Å². The fourth-order valence-corrected chi connectivity index (χ4v) is 3.82. The van der Waals surface area contributed by atoms with Crippen LogP contribution in [0.2, 0.25) is 0 Å². The second-order valence-electron chi connectivity index (χ2n) is 6.10. The van der Waals surface area contributed by atoms with Crippen LogP contribution in [0.4, 0.5) is 0 Å². The molecule has 5 N–H and O–H groups in total. The van der Waals surface area contributed by atoms with E-state index in [1.807, 2.05) is 4.98 Å². The van der Waals surface area contributed by atoms with Crippen molar-refractivity contribution in [2.24, 2.45) is 0 Å². The zero-order valence-corrected chi connectivity index (χ0v) is 14.1. The fraction of sp³-hybridized carbons (Fsp3) is 0.500. The van der Waals surface area contributed by atoms with Gasteiger partial charge in [-0.2, -0.15) is 0 Å². The number of hydrogen-bond donors (Lipinski definition) is 5. The van der Waals surface area contributed by atoms with Crippen LogP contribution in [0.1, 0.15) is 19.3 Å². The maximum Gasteiger partial charge on any atom is 0.327 e. The molecule has 0 radical (unpaired) electrons. The SMILES string of the molecule is O=c1[nH]c(=O)c2cc(S(=O)(=O)NCCC3(O)CCNCC3)cnc2[nH]1. The fourth-order valence-electron chi connectivity index (χ4n) is 2.82. The summed E-state index contributed by atoms with van der Waals surface area (Å²) in [5.41, 5.74) is -2.30. The molecule has 1 aliphatic heterocycles. The monoisotopic (exact) mass is 369 g/mol. The number of aromatic nitrogens is 3. The van der Waals surface area contributed by atoms with E-state index in [0.29, 0.717) is 32.4 Å². The number of H-pyrrole nitrogens is 2. The van der Waals surface area contributed by atoms with Gasteiger partial charge in [0.1, 0.15) is 10.5 Å². The van der Waals surface area contributed by atoms with Crippen molar-refractivity contribution in [3.63, 3.8) is 0 Å². The normalized spacial score (nSPS) is 17.6. The molecule has 3 rings (SSSR count). The first kappa shape index (κ1) is 17.7. The molecule has 0 saturated carbocycles. The predicted octanol–water partition coefficient (Wildman–Crippen LogP) is -1.61. The molecule has 136 valence electrons. The first-order valence-electron chi connectivity index (χ1n) is 7.84. The quantitative estimate of drug-likeness (QED) is 0.424. The summed E-state index contributed by atoms with van der Waals surface area (Å²) in [6.07, 6.45) is 2.49. The van der Waals surface area contributed by atoms with Gasteiger partial charge in [0.25, 0.3) is 5.56 Å². The third-order valence-corrected chi connectivity index (χ3v) is 5.72. The van der Waals surface area contributed by atoms with E-state index in [2.05, 4.69) is 20.0 Å². The maximum atomic E-state index is 12.4. The number of aliphatic hydroxyl groups is 1. The summed E-state index contributed by atoms with van der Waals surface area (Å²) in [7, 11) is -3.89. The lowest BCUT2D eigenvalue weighted by Crippen LogP contribution is -2.44. The van der Waals surface area contributed by atoms with Crippen molar-refractivity contribution in [1.82, 2.24) is 25.0 Å². The van der Waals surface area contributed by atoms with E-state index in [1.165, 1.54) is 0 Å². The van der Waals surface area contributed by atoms with Crippen LogP contribution in [0.3, 0.4) is 0 Å². The molecule has 11 heteroatoms. The third-order valence-electron chi connectivity index (χ3n) is 4.29. The molecule has 2 aromatic heterocycles. The lowest BCUT2D eigenvalue weighted by atomic mass is 9.89. The summed E-state index contributed by atoms with van der Waals surface area (Å²) in [5, 5.41) is 13.5. The third kappa shape index (κ3) is 3.95. The van der Waals surface area contributed by atoms with Crippen molar-refractivity contribution < 1.29 is 13.5 Å². The molecule has 25 heavy (non-hydrogen) atoms. The van der Waals surface area contributed by atoms with Gasteiger partial charge >= 0.3 is 5.69 Å². The molecule has 1 saturated heterocycles. The highest BCUT2D eigenvalue weighted by Crippen LogP contribution is 2.21. The van der Waals surface area contributed by atoms with Gasteiger partial charge in [0.05, 0.1) is 11.0 Å². The number of piperidine rings is 1. The van der Waals surface area contributed by atoms with Gasteiger partial charge in [-0.1, -0.05) is 0 Å². The van der Waals surface area contributed by atoms with Gasteiger partial charge in [0, 0.05) is 12.7 Å². The van der Waals surface area contributed by atoms with E-state index in [0.717, 1.165) is 12.3 Å². The minimum atomic E-state index is -3.89. The summed E-state index contributed by atoms with van der Waals surface area (Å²) in [5.74, 6) is 0. The summed E-state index contributed by atoms with van der Waals surface area (Å²) >= 11 is 0. The largest absolute Gasteiger partial charge is 0.390 e. The number of sulfonamides is 1. The first-order chi connectivity index (χ1) is 11.8. The molecular formula is C14H19N5O5S. The smallest absolute Gasteiger partial charge is 0.327 e. The minimum Gasteiger partial charge on any atom is -0.390 e. The Morgan fingerprint density at radius 2 is 1.96 bits per heavy atom. The van der Waals surface area contributed by atoms with Crippen molar-refractivity contribution in [3.8, 4) is 0 Å². The molecule has 2 aromatic rings. The topological polar surface area (TPSA) is 157 Å². The Bertz CT molecular complexity index is 991. The van der Waals surface area contributed by atoms with Crippen molar-refractivity contribution in [2.45, 2.75) is 29.8 Å². The highest BCUT2D eigenvalue weighted by atomic mass is 32.2. The Hall–Kier alpha value is -2.08. The van der Waals surface area contributed by atoms with Crippen molar-refractivity contribution in [1.29, 1.82) is 0 Å². The van der Waals surface area contributed by atoms with Gasteiger partial charge in [0.15, 0.2) is 0 Å². The molecule has 1 fully saturated rings. The Morgan fingerprint density at radius 1 is 1.24 bits per heavy atom. The maximum absolute atomic E-state index is 12.4. The molecule has 10 nitrogen and oxygen atoms in total. The van der Waals surface area contributed by atoms with Gasteiger partial charge in [-0.05, 0) is 38.4 Å². The van der Waals surface area contributed by atoms with E-state index in [1.54, 1.807) is 0 Å². The zero-order chi connectivity index (χ0) is 18.1. The zero-order valence-electron chi connectivity index (χ0n) is 13.3. The van der Waals surface area contributed by atoms with Crippen LogP contribution >= 0.6 is 0 Å². The number of hydrogen-bond acceptors (Lipinski definition) is 7. The van der Waals surface area contributed by atoms with Crippen molar-refractivity contribution in [3.05, 3.63) is 33.1 Å². The van der Waals surface area contributed by atoms with E-state index >= 15 is 0 Å². The summed E-state index contributed by atoms with van der Waals surface area (Å²) < 4.78 is 27.2. The molecule has 0 spiro atoms. The van der Waals surface area contributed by atoms with Crippen LogP contribution in [0.15, 0.2) is 26.7 Å². The molecular weight excluding hydrogens is 350 g/mol. The van der Waals surface area contributed by atoms with Crippen molar-refractivity contribution in [2.75, 3.05) is 19.6 Å².